The molecular weight excluding hydrogens is 233 g/mol. The molecule has 2 aliphatic heterocycles. The number of nitrogens with zero attached hydrogens (tertiary/aromatic N) is 1. The molecule has 0 N–H and O–H groups in total. The van der Waals surface area contributed by atoms with Crippen molar-refractivity contribution in [3.63, 3.8) is 0 Å². The van der Waals surface area contributed by atoms with Crippen LogP contribution in [0.3, 0.4) is 0 Å². The lowest BCUT2D eigenvalue weighted by Crippen LogP contribution is -2.27. The Balaban J connectivity index is 2.50. The second-order valence-corrected chi connectivity index (χ2v) is 5.32. The number of carbonyl (C=O) groups is 2. The summed E-state index contributed by atoms with van der Waals surface area (Å²) in [5.74, 6) is -1.13. The van der Waals surface area contributed by atoms with Gasteiger partial charge in [0.2, 0.25) is 5.91 Å². The summed E-state index contributed by atoms with van der Waals surface area (Å²) in [5.41, 5.74) is 0.360. The minimum atomic E-state index is -0.545. The Labute approximate surface area is 89.0 Å². The second kappa shape index (κ2) is 2.90. The SMILES string of the molecule is CN1C(=O)C2=C(Cl)SC(Cl)C2C1=O. The summed E-state index contributed by atoms with van der Waals surface area (Å²) in [4.78, 5) is 24.0. The maximum atomic E-state index is 11.5. The number of hydrogen-bond acceptors (Lipinski definition) is 3. The van der Waals surface area contributed by atoms with Crippen molar-refractivity contribution in [3.8, 4) is 0 Å². The van der Waals surface area contributed by atoms with E-state index in [4.69, 9.17) is 23.2 Å². The average molecular weight is 238 g/mol. The van der Waals surface area contributed by atoms with Gasteiger partial charge in [0.25, 0.3) is 5.91 Å². The summed E-state index contributed by atoms with van der Waals surface area (Å²) in [7, 11) is 1.44. The van der Waals surface area contributed by atoms with Gasteiger partial charge >= 0.3 is 0 Å². The number of amides is 2. The molecule has 0 spiro atoms. The normalized spacial score (nSPS) is 33.3. The fourth-order valence-corrected chi connectivity index (χ4v) is 3.48. The minimum Gasteiger partial charge on any atom is -0.281 e. The molecule has 2 aliphatic rings. The smallest absolute Gasteiger partial charge is 0.259 e. The molecule has 70 valence electrons. The zero-order chi connectivity index (χ0) is 9.75. The highest BCUT2D eigenvalue weighted by molar-refractivity contribution is 8.06. The molecule has 2 atom stereocenters. The topological polar surface area (TPSA) is 37.4 Å². The van der Waals surface area contributed by atoms with E-state index in [0.717, 1.165) is 16.7 Å². The van der Waals surface area contributed by atoms with Gasteiger partial charge in [0.15, 0.2) is 0 Å². The number of thioether (sulfide) groups is 1. The molecule has 6 heteroatoms. The lowest BCUT2D eigenvalue weighted by Gasteiger charge is -2.09. The molecule has 3 nitrogen and oxygen atoms in total. The summed E-state index contributed by atoms with van der Waals surface area (Å²) in [5, 5.41) is 0. The molecule has 1 saturated heterocycles. The number of rotatable bonds is 0. The van der Waals surface area contributed by atoms with Crippen molar-refractivity contribution in [2.75, 3.05) is 7.05 Å². The lowest BCUT2D eigenvalue weighted by molar-refractivity contribution is -0.137. The molecule has 13 heavy (non-hydrogen) atoms. The quantitative estimate of drug-likeness (QED) is 0.472. The standard InChI is InChI=1S/C7H5Cl2NO2S/c1-10-6(11)2-3(7(10)12)5(9)13-4(2)8/h2,4H,1H3. The molecule has 2 amide bonds. The molecule has 0 aromatic rings. The third kappa shape index (κ3) is 1.12. The summed E-state index contributed by atoms with van der Waals surface area (Å²) in [6, 6.07) is 0. The number of halogens is 2. The summed E-state index contributed by atoms with van der Waals surface area (Å²) >= 11 is 12.8. The van der Waals surface area contributed by atoms with Gasteiger partial charge in [0, 0.05) is 7.05 Å². The Hall–Kier alpha value is -0.190. The van der Waals surface area contributed by atoms with Gasteiger partial charge in [-0.05, 0) is 0 Å². The van der Waals surface area contributed by atoms with Crippen LogP contribution in [0.5, 0.6) is 0 Å². The van der Waals surface area contributed by atoms with Crippen molar-refractivity contribution in [3.05, 3.63) is 9.94 Å². The Kier molecular flexibility index (Phi) is 2.09. The fraction of sp³-hybridized carbons (Fsp3) is 0.429. The molecule has 2 unspecified atom stereocenters. The molecular formula is C7H5Cl2NO2S. The molecule has 1 fully saturated rings. The van der Waals surface area contributed by atoms with E-state index < -0.39 is 10.6 Å². The molecule has 0 saturated carbocycles. The largest absolute Gasteiger partial charge is 0.281 e. The van der Waals surface area contributed by atoms with Gasteiger partial charge in [0.05, 0.1) is 15.9 Å². The van der Waals surface area contributed by atoms with Crippen LogP contribution < -0.4 is 0 Å². The zero-order valence-corrected chi connectivity index (χ0v) is 8.91. The van der Waals surface area contributed by atoms with E-state index >= 15 is 0 Å². The van der Waals surface area contributed by atoms with Crippen LogP contribution in [0, 0.1) is 5.92 Å². The number of fused-ring (bicyclic) bond motifs is 1. The Morgan fingerprint density at radius 3 is 2.62 bits per heavy atom. The first kappa shape index (κ1) is 9.37. The van der Waals surface area contributed by atoms with Gasteiger partial charge < -0.3 is 0 Å². The van der Waals surface area contributed by atoms with Crippen LogP contribution in [0.1, 0.15) is 0 Å². The van der Waals surface area contributed by atoms with Gasteiger partial charge in [-0.2, -0.15) is 0 Å². The van der Waals surface area contributed by atoms with E-state index in [1.165, 1.54) is 7.05 Å². The predicted octanol–water partition coefficient (Wildman–Crippen LogP) is 1.36. The van der Waals surface area contributed by atoms with Crippen molar-refractivity contribution in [1.82, 2.24) is 4.90 Å². The van der Waals surface area contributed by atoms with Gasteiger partial charge in [-0.25, -0.2) is 0 Å². The van der Waals surface area contributed by atoms with E-state index in [-0.39, 0.29) is 11.8 Å². The van der Waals surface area contributed by atoms with Gasteiger partial charge in [-0.15, -0.1) is 11.6 Å². The third-order valence-electron chi connectivity index (χ3n) is 2.13. The number of imide groups is 1. The number of likely N-dealkylation sites (N-methyl/N-ethyl adjacent to an activating group) is 1. The molecule has 0 aromatic carbocycles. The predicted molar refractivity (Wildman–Crippen MR) is 51.4 cm³/mol. The van der Waals surface area contributed by atoms with Crippen LogP contribution >= 0.6 is 35.0 Å². The highest BCUT2D eigenvalue weighted by Crippen LogP contribution is 2.49. The van der Waals surface area contributed by atoms with Crippen molar-refractivity contribution >= 4 is 46.8 Å². The highest BCUT2D eigenvalue weighted by Gasteiger charge is 2.51. The number of hydrogen-bond donors (Lipinski definition) is 0. The number of alkyl halides is 1. The Morgan fingerprint density at radius 2 is 2.08 bits per heavy atom. The van der Waals surface area contributed by atoms with Crippen LogP contribution in [-0.2, 0) is 9.59 Å². The molecule has 0 aliphatic carbocycles. The van der Waals surface area contributed by atoms with Crippen LogP contribution in [-0.4, -0.2) is 28.5 Å². The number of carbonyl (C=O) groups excluding carboxylic acids is 2. The van der Waals surface area contributed by atoms with Crippen LogP contribution in [0.15, 0.2) is 9.94 Å². The van der Waals surface area contributed by atoms with Crippen molar-refractivity contribution in [1.29, 1.82) is 0 Å². The first-order valence-electron chi connectivity index (χ1n) is 3.56. The molecule has 0 aromatic heterocycles. The first-order valence-corrected chi connectivity index (χ1v) is 5.25. The molecule has 2 rings (SSSR count). The van der Waals surface area contributed by atoms with Gasteiger partial charge in [0.1, 0.15) is 4.71 Å². The van der Waals surface area contributed by atoms with E-state index in [1.807, 2.05) is 0 Å². The maximum absolute atomic E-state index is 11.5. The summed E-state index contributed by atoms with van der Waals surface area (Å²) in [6.45, 7) is 0. The van der Waals surface area contributed by atoms with Crippen molar-refractivity contribution in [2.45, 2.75) is 4.71 Å². The van der Waals surface area contributed by atoms with E-state index in [2.05, 4.69) is 0 Å². The molecule has 2 heterocycles. The van der Waals surface area contributed by atoms with Crippen LogP contribution in [0.25, 0.3) is 0 Å². The average Bonchev–Trinajstić information content (AvgIpc) is 2.47. The van der Waals surface area contributed by atoms with Crippen molar-refractivity contribution < 1.29 is 9.59 Å². The fourth-order valence-electron chi connectivity index (χ4n) is 1.43. The Bertz CT molecular complexity index is 341. The number of likely N-dealkylation sites (tertiary alicyclic amines) is 1. The zero-order valence-electron chi connectivity index (χ0n) is 6.58. The van der Waals surface area contributed by atoms with E-state index in [1.54, 1.807) is 0 Å². The molecule has 0 radical (unpaired) electrons. The van der Waals surface area contributed by atoms with Crippen molar-refractivity contribution in [2.24, 2.45) is 5.92 Å². The monoisotopic (exact) mass is 237 g/mol. The summed E-state index contributed by atoms with van der Waals surface area (Å²) in [6.07, 6.45) is 0. The molecule has 0 bridgehead atoms. The van der Waals surface area contributed by atoms with Crippen LogP contribution in [0.2, 0.25) is 0 Å². The minimum absolute atomic E-state index is 0.261. The summed E-state index contributed by atoms with van der Waals surface area (Å²) < 4.78 is -0.0865. The maximum Gasteiger partial charge on any atom is 0.259 e. The first-order chi connectivity index (χ1) is 6.04. The third-order valence-corrected chi connectivity index (χ3v) is 4.05. The van der Waals surface area contributed by atoms with E-state index in [9.17, 15) is 9.59 Å². The van der Waals surface area contributed by atoms with Gasteiger partial charge in [-0.1, -0.05) is 23.4 Å². The lowest BCUT2D eigenvalue weighted by atomic mass is 10.1. The van der Waals surface area contributed by atoms with E-state index in [0.29, 0.717) is 9.94 Å². The second-order valence-electron chi connectivity index (χ2n) is 2.84. The van der Waals surface area contributed by atoms with Crippen LogP contribution in [0.4, 0.5) is 0 Å². The highest BCUT2D eigenvalue weighted by atomic mass is 35.5. The van der Waals surface area contributed by atoms with Gasteiger partial charge in [-0.3, -0.25) is 14.5 Å². The Morgan fingerprint density at radius 1 is 1.46 bits per heavy atom.